The lowest BCUT2D eigenvalue weighted by Gasteiger charge is -2.17. The van der Waals surface area contributed by atoms with Crippen molar-refractivity contribution in [3.8, 4) is 0 Å². The molecule has 0 bridgehead atoms. The van der Waals surface area contributed by atoms with E-state index in [1.165, 1.54) is 18.2 Å². The molecule has 2 amide bonds. The molecule has 0 saturated carbocycles. The smallest absolute Gasteiger partial charge is 0.229 e. The first-order chi connectivity index (χ1) is 12.3. The molecule has 1 heterocycles. The number of nitrogens with zero attached hydrogens (tertiary/aromatic N) is 1. The molecule has 3 N–H and O–H groups in total. The fraction of sp³-hybridized carbons (Fsp3) is 0.176. The van der Waals surface area contributed by atoms with Crippen LogP contribution in [0, 0.1) is 17.6 Å². The van der Waals surface area contributed by atoms with Crippen molar-refractivity contribution in [2.75, 3.05) is 22.5 Å². The van der Waals surface area contributed by atoms with Gasteiger partial charge in [0.25, 0.3) is 0 Å². The van der Waals surface area contributed by atoms with E-state index in [9.17, 15) is 18.4 Å². The molecule has 2 aromatic rings. The minimum absolute atomic E-state index is 0.0242. The molecule has 136 valence electrons. The highest BCUT2D eigenvalue weighted by Crippen LogP contribution is 2.32. The van der Waals surface area contributed by atoms with Crippen LogP contribution in [-0.2, 0) is 9.59 Å². The Hall–Kier alpha value is -2.38. The van der Waals surface area contributed by atoms with E-state index in [4.69, 9.17) is 28.9 Å². The highest BCUT2D eigenvalue weighted by atomic mass is 35.5. The van der Waals surface area contributed by atoms with E-state index in [1.807, 2.05) is 0 Å². The number of hydrogen-bond donors (Lipinski definition) is 2. The SMILES string of the molecule is Nc1c(Cl)cc(NC(=O)[C@H]2CC(=O)N(c3ccc(F)cc3F)C2)cc1Cl. The highest BCUT2D eigenvalue weighted by molar-refractivity contribution is 6.39. The first-order valence-electron chi connectivity index (χ1n) is 7.57. The summed E-state index contributed by atoms with van der Waals surface area (Å²) in [5.74, 6) is -3.19. The fourth-order valence-corrected chi connectivity index (χ4v) is 3.20. The van der Waals surface area contributed by atoms with Crippen LogP contribution < -0.4 is 16.0 Å². The average Bonchev–Trinajstić information content (AvgIpc) is 2.94. The molecular formula is C17H13Cl2F2N3O2. The average molecular weight is 400 g/mol. The molecule has 1 saturated heterocycles. The van der Waals surface area contributed by atoms with Gasteiger partial charge in [0.1, 0.15) is 11.6 Å². The maximum Gasteiger partial charge on any atom is 0.229 e. The van der Waals surface area contributed by atoms with E-state index in [2.05, 4.69) is 5.32 Å². The first kappa shape index (κ1) is 18.4. The van der Waals surface area contributed by atoms with Crippen LogP contribution in [0.4, 0.5) is 25.8 Å². The van der Waals surface area contributed by atoms with Crippen LogP contribution in [-0.4, -0.2) is 18.4 Å². The summed E-state index contributed by atoms with van der Waals surface area (Å²) >= 11 is 11.8. The number of nitrogen functional groups attached to an aromatic ring is 1. The number of rotatable bonds is 3. The molecule has 1 aliphatic heterocycles. The second-order valence-electron chi connectivity index (χ2n) is 5.84. The van der Waals surface area contributed by atoms with E-state index in [-0.39, 0.29) is 34.4 Å². The van der Waals surface area contributed by atoms with Gasteiger partial charge in [-0.2, -0.15) is 0 Å². The van der Waals surface area contributed by atoms with Gasteiger partial charge in [-0.25, -0.2) is 8.78 Å². The maximum absolute atomic E-state index is 13.9. The van der Waals surface area contributed by atoms with Crippen LogP contribution >= 0.6 is 23.2 Å². The van der Waals surface area contributed by atoms with E-state index in [0.29, 0.717) is 11.8 Å². The Morgan fingerprint density at radius 3 is 2.46 bits per heavy atom. The molecule has 0 aromatic heterocycles. The van der Waals surface area contributed by atoms with Crippen molar-refractivity contribution in [1.82, 2.24) is 0 Å². The van der Waals surface area contributed by atoms with Gasteiger partial charge >= 0.3 is 0 Å². The number of carbonyl (C=O) groups excluding carboxylic acids is 2. The van der Waals surface area contributed by atoms with E-state index in [1.54, 1.807) is 0 Å². The molecular weight excluding hydrogens is 387 g/mol. The normalized spacial score (nSPS) is 16.8. The van der Waals surface area contributed by atoms with Gasteiger partial charge in [0.05, 0.1) is 27.3 Å². The number of anilines is 3. The van der Waals surface area contributed by atoms with Gasteiger partial charge in [-0.05, 0) is 24.3 Å². The summed E-state index contributed by atoms with van der Waals surface area (Å²) < 4.78 is 26.9. The van der Waals surface area contributed by atoms with Crippen LogP contribution in [0.2, 0.25) is 10.0 Å². The molecule has 9 heteroatoms. The summed E-state index contributed by atoms with van der Waals surface area (Å²) in [6.07, 6.45) is -0.0981. The van der Waals surface area contributed by atoms with Crippen molar-refractivity contribution < 1.29 is 18.4 Å². The van der Waals surface area contributed by atoms with Gasteiger partial charge in [-0.15, -0.1) is 0 Å². The quantitative estimate of drug-likeness (QED) is 0.769. The van der Waals surface area contributed by atoms with E-state index < -0.39 is 29.4 Å². The third-order valence-corrected chi connectivity index (χ3v) is 4.67. The van der Waals surface area contributed by atoms with Gasteiger partial charge in [0, 0.05) is 24.7 Å². The lowest BCUT2D eigenvalue weighted by atomic mass is 10.1. The molecule has 2 aromatic carbocycles. The molecule has 1 fully saturated rings. The summed E-state index contributed by atoms with van der Waals surface area (Å²) in [4.78, 5) is 25.7. The van der Waals surface area contributed by atoms with E-state index >= 15 is 0 Å². The van der Waals surface area contributed by atoms with Gasteiger partial charge in [0.2, 0.25) is 11.8 Å². The Bertz CT molecular complexity index is 885. The van der Waals surface area contributed by atoms with Gasteiger partial charge in [-0.1, -0.05) is 23.2 Å². The van der Waals surface area contributed by atoms with Gasteiger partial charge < -0.3 is 16.0 Å². The molecule has 0 radical (unpaired) electrons. The van der Waals surface area contributed by atoms with Crippen LogP contribution in [0.5, 0.6) is 0 Å². The Morgan fingerprint density at radius 2 is 1.85 bits per heavy atom. The zero-order valence-corrected chi connectivity index (χ0v) is 14.7. The number of hydrogen-bond acceptors (Lipinski definition) is 3. The second kappa shape index (κ2) is 7.09. The summed E-state index contributed by atoms with van der Waals surface area (Å²) in [5.41, 5.74) is 6.10. The monoisotopic (exact) mass is 399 g/mol. The lowest BCUT2D eigenvalue weighted by molar-refractivity contribution is -0.122. The van der Waals surface area contributed by atoms with Crippen molar-refractivity contribution in [2.24, 2.45) is 5.92 Å². The molecule has 26 heavy (non-hydrogen) atoms. The van der Waals surface area contributed by atoms with E-state index in [0.717, 1.165) is 11.0 Å². The fourth-order valence-electron chi connectivity index (χ4n) is 2.72. The molecule has 1 atom stereocenters. The Kier molecular flexibility index (Phi) is 5.02. The summed E-state index contributed by atoms with van der Waals surface area (Å²) in [7, 11) is 0. The number of nitrogens with one attached hydrogen (secondary N) is 1. The Labute approximate surface area is 157 Å². The topological polar surface area (TPSA) is 75.4 Å². The van der Waals surface area contributed by atoms with Crippen LogP contribution in [0.1, 0.15) is 6.42 Å². The Morgan fingerprint density at radius 1 is 1.19 bits per heavy atom. The second-order valence-corrected chi connectivity index (χ2v) is 6.66. The van der Waals surface area contributed by atoms with Crippen molar-refractivity contribution in [3.63, 3.8) is 0 Å². The Balaban J connectivity index is 1.75. The lowest BCUT2D eigenvalue weighted by Crippen LogP contribution is -2.28. The highest BCUT2D eigenvalue weighted by Gasteiger charge is 2.36. The summed E-state index contributed by atoms with van der Waals surface area (Å²) in [6.45, 7) is -0.0242. The van der Waals surface area contributed by atoms with Crippen molar-refractivity contribution in [2.45, 2.75) is 6.42 Å². The van der Waals surface area contributed by atoms with Crippen LogP contribution in [0.25, 0.3) is 0 Å². The third kappa shape index (κ3) is 3.59. The maximum atomic E-state index is 13.9. The number of amides is 2. The number of carbonyl (C=O) groups is 2. The zero-order valence-electron chi connectivity index (χ0n) is 13.2. The number of halogens is 4. The molecule has 0 spiro atoms. The minimum Gasteiger partial charge on any atom is -0.396 e. The zero-order chi connectivity index (χ0) is 19.0. The minimum atomic E-state index is -0.864. The largest absolute Gasteiger partial charge is 0.396 e. The number of benzene rings is 2. The summed E-state index contributed by atoms with van der Waals surface area (Å²) in [5, 5.41) is 2.98. The van der Waals surface area contributed by atoms with Crippen molar-refractivity contribution in [1.29, 1.82) is 0 Å². The molecule has 1 aliphatic rings. The van der Waals surface area contributed by atoms with Crippen LogP contribution in [0.3, 0.4) is 0 Å². The van der Waals surface area contributed by atoms with Gasteiger partial charge in [0.15, 0.2) is 0 Å². The predicted octanol–water partition coefficient (Wildman–Crippen LogP) is 3.85. The first-order valence-corrected chi connectivity index (χ1v) is 8.32. The number of nitrogens with two attached hydrogens (primary N) is 1. The van der Waals surface area contributed by atoms with Crippen molar-refractivity contribution in [3.05, 3.63) is 52.0 Å². The molecule has 0 aliphatic carbocycles. The third-order valence-electron chi connectivity index (χ3n) is 4.04. The molecule has 0 unspecified atom stereocenters. The summed E-state index contributed by atoms with van der Waals surface area (Å²) in [6, 6.07) is 5.79. The predicted molar refractivity (Wildman–Crippen MR) is 96.3 cm³/mol. The van der Waals surface area contributed by atoms with Crippen LogP contribution in [0.15, 0.2) is 30.3 Å². The van der Waals surface area contributed by atoms with Crippen molar-refractivity contribution >= 4 is 52.1 Å². The standard InChI is InChI=1S/C17H13Cl2F2N3O2/c18-11-5-10(6-12(19)16(11)22)23-17(26)8-3-15(25)24(7-8)14-2-1-9(20)4-13(14)21/h1-2,4-6,8H,3,7,22H2,(H,23,26)/t8-/m0/s1. The van der Waals surface area contributed by atoms with Gasteiger partial charge in [-0.3, -0.25) is 9.59 Å². The molecule has 3 rings (SSSR count). The molecule has 5 nitrogen and oxygen atoms in total.